The van der Waals surface area contributed by atoms with Crippen molar-refractivity contribution in [3.05, 3.63) is 29.8 Å². The summed E-state index contributed by atoms with van der Waals surface area (Å²) in [5.74, 6) is 1.19. The Kier molecular flexibility index (Phi) is 5.55. The molecule has 0 saturated heterocycles. The monoisotopic (exact) mass is 237 g/mol. The molecule has 3 nitrogen and oxygen atoms in total. The van der Waals surface area contributed by atoms with Crippen LogP contribution in [0.4, 0.5) is 5.69 Å². The van der Waals surface area contributed by atoms with Crippen molar-refractivity contribution in [1.82, 2.24) is 0 Å². The van der Waals surface area contributed by atoms with Gasteiger partial charge in [0.1, 0.15) is 5.78 Å². The highest BCUT2D eigenvalue weighted by Gasteiger charge is 2.40. The molecule has 2 N–H and O–H groups in total. The third-order valence-corrected chi connectivity index (χ3v) is 2.55. The predicted molar refractivity (Wildman–Crippen MR) is 58.9 cm³/mol. The van der Waals surface area contributed by atoms with Gasteiger partial charge in [0.05, 0.1) is 11.6 Å². The number of carbonyl (C=O) groups excluding carboxylic acids is 1. The summed E-state index contributed by atoms with van der Waals surface area (Å²) in [6.07, 6.45) is 0. The van der Waals surface area contributed by atoms with Crippen LogP contribution in [0.25, 0.3) is 0 Å². The molecule has 1 aliphatic carbocycles. The maximum absolute atomic E-state index is 10.2. The van der Waals surface area contributed by atoms with E-state index in [9.17, 15) is 4.79 Å². The van der Waals surface area contributed by atoms with Gasteiger partial charge in [0.25, 0.3) is 0 Å². The van der Waals surface area contributed by atoms with Gasteiger partial charge in [0.2, 0.25) is 0 Å². The Labute approximate surface area is 102 Å². The molecule has 1 aliphatic rings. The highest BCUT2D eigenvalue weighted by atomic mass is 35.5. The molecule has 86 valence electrons. The number of Topliss-reactive ketones (excluding diaryl/α,β-unsaturated/α-hetero) is 1. The standard InChI is InChI=1S/C7H6N2.C5H8O.ClH/c8-5-6-2-1-3-7(9)4-6;1-3-4(2)5(3)6;/h1-4H,9H2;3-4H,1-2H3;1H/p-1. The van der Waals surface area contributed by atoms with Gasteiger partial charge in [-0.1, -0.05) is 19.9 Å². The van der Waals surface area contributed by atoms with Crippen LogP contribution >= 0.6 is 0 Å². The lowest BCUT2D eigenvalue weighted by atomic mass is 10.2. The van der Waals surface area contributed by atoms with Gasteiger partial charge >= 0.3 is 0 Å². The summed E-state index contributed by atoms with van der Waals surface area (Å²) in [6, 6.07) is 8.85. The zero-order chi connectivity index (χ0) is 11.4. The first-order valence-corrected chi connectivity index (χ1v) is 4.85. The topological polar surface area (TPSA) is 66.9 Å². The largest absolute Gasteiger partial charge is 1.00 e. The molecule has 2 atom stereocenters. The second kappa shape index (κ2) is 6.14. The van der Waals surface area contributed by atoms with E-state index in [1.807, 2.05) is 19.9 Å². The van der Waals surface area contributed by atoms with Crippen LogP contribution in [0.2, 0.25) is 0 Å². The fourth-order valence-corrected chi connectivity index (χ4v) is 1.14. The summed E-state index contributed by atoms with van der Waals surface area (Å²) in [7, 11) is 0. The van der Waals surface area contributed by atoms with E-state index in [0.29, 0.717) is 28.9 Å². The minimum atomic E-state index is 0. The lowest BCUT2D eigenvalue weighted by Gasteiger charge is -1.89. The van der Waals surface area contributed by atoms with Gasteiger partial charge < -0.3 is 18.1 Å². The summed E-state index contributed by atoms with van der Waals surface area (Å²) in [4.78, 5) is 10.2. The maximum Gasteiger partial charge on any atom is 0.139 e. The van der Waals surface area contributed by atoms with Crippen molar-refractivity contribution >= 4 is 11.5 Å². The van der Waals surface area contributed by atoms with Crippen LogP contribution in [0.15, 0.2) is 24.3 Å². The summed E-state index contributed by atoms with van der Waals surface area (Å²) < 4.78 is 0. The summed E-state index contributed by atoms with van der Waals surface area (Å²) in [5, 5.41) is 8.36. The smallest absolute Gasteiger partial charge is 0.139 e. The van der Waals surface area contributed by atoms with Crippen molar-refractivity contribution in [2.24, 2.45) is 11.8 Å². The van der Waals surface area contributed by atoms with Gasteiger partial charge in [0, 0.05) is 17.5 Å². The molecule has 1 fully saturated rings. The van der Waals surface area contributed by atoms with E-state index in [1.165, 1.54) is 0 Å². The molecular weight excluding hydrogens is 224 g/mol. The molecule has 0 heterocycles. The zero-order valence-electron chi connectivity index (χ0n) is 9.27. The quantitative estimate of drug-likeness (QED) is 0.588. The number of rotatable bonds is 0. The fourth-order valence-electron chi connectivity index (χ4n) is 1.14. The lowest BCUT2D eigenvalue weighted by molar-refractivity contribution is -0.111. The summed E-state index contributed by atoms with van der Waals surface area (Å²) in [6.45, 7) is 3.93. The second-order valence-electron chi connectivity index (χ2n) is 3.72. The van der Waals surface area contributed by atoms with Gasteiger partial charge in [0.15, 0.2) is 0 Å². The lowest BCUT2D eigenvalue weighted by Crippen LogP contribution is -3.00. The van der Waals surface area contributed by atoms with Crippen molar-refractivity contribution in [2.45, 2.75) is 13.8 Å². The van der Waals surface area contributed by atoms with Gasteiger partial charge in [-0.25, -0.2) is 0 Å². The van der Waals surface area contributed by atoms with Crippen LogP contribution in [0.5, 0.6) is 0 Å². The Bertz CT molecular complexity index is 402. The van der Waals surface area contributed by atoms with Gasteiger partial charge in [-0.05, 0) is 18.2 Å². The first kappa shape index (κ1) is 14.5. The fraction of sp³-hybridized carbons (Fsp3) is 0.333. The first-order valence-electron chi connectivity index (χ1n) is 4.85. The van der Waals surface area contributed by atoms with E-state index in [1.54, 1.807) is 24.3 Å². The minimum Gasteiger partial charge on any atom is -1.00 e. The number of halogens is 1. The van der Waals surface area contributed by atoms with Crippen LogP contribution in [0, 0.1) is 23.2 Å². The number of ketones is 1. The average Bonchev–Trinajstić information content (AvgIpc) is 2.76. The SMILES string of the molecule is CC1C(=O)C1C.N#Cc1cccc(N)c1.[Cl-]. The number of anilines is 1. The Balaban J connectivity index is 0.000000283. The van der Waals surface area contributed by atoms with Crippen molar-refractivity contribution in [1.29, 1.82) is 5.26 Å². The molecule has 4 heteroatoms. The number of nitriles is 1. The molecule has 0 radical (unpaired) electrons. The molecule has 0 bridgehead atoms. The zero-order valence-corrected chi connectivity index (χ0v) is 10.0. The minimum absolute atomic E-state index is 0. The van der Waals surface area contributed by atoms with Gasteiger partial charge in [-0.3, -0.25) is 4.79 Å². The van der Waals surface area contributed by atoms with Crippen molar-refractivity contribution in [3.8, 4) is 6.07 Å². The highest BCUT2D eigenvalue weighted by molar-refractivity contribution is 5.98. The molecule has 0 amide bonds. The van der Waals surface area contributed by atoms with Crippen molar-refractivity contribution in [2.75, 3.05) is 5.73 Å². The molecule has 1 saturated carbocycles. The second-order valence-corrected chi connectivity index (χ2v) is 3.72. The highest BCUT2D eigenvalue weighted by Crippen LogP contribution is 2.31. The average molecular weight is 238 g/mol. The van der Waals surface area contributed by atoms with Gasteiger partial charge in [-0.15, -0.1) is 0 Å². The Hall–Kier alpha value is -1.53. The normalized spacial score (nSPS) is 20.9. The van der Waals surface area contributed by atoms with E-state index in [-0.39, 0.29) is 12.4 Å². The molecule has 16 heavy (non-hydrogen) atoms. The third kappa shape index (κ3) is 3.92. The van der Waals surface area contributed by atoms with Crippen molar-refractivity contribution in [3.63, 3.8) is 0 Å². The van der Waals surface area contributed by atoms with Gasteiger partial charge in [-0.2, -0.15) is 5.26 Å². The van der Waals surface area contributed by atoms with E-state index in [2.05, 4.69) is 0 Å². The van der Waals surface area contributed by atoms with Crippen LogP contribution in [-0.2, 0) is 4.79 Å². The number of hydrogen-bond acceptors (Lipinski definition) is 3. The van der Waals surface area contributed by atoms with E-state index in [0.717, 1.165) is 0 Å². The number of benzene rings is 1. The van der Waals surface area contributed by atoms with Crippen LogP contribution in [0.1, 0.15) is 19.4 Å². The number of hydrogen-bond donors (Lipinski definition) is 1. The molecule has 2 rings (SSSR count). The predicted octanol–water partition coefficient (Wildman–Crippen LogP) is -1.01. The number of nitrogens with zero attached hydrogens (tertiary/aromatic N) is 1. The maximum atomic E-state index is 10.2. The van der Waals surface area contributed by atoms with E-state index in [4.69, 9.17) is 11.0 Å². The molecule has 0 aliphatic heterocycles. The van der Waals surface area contributed by atoms with E-state index < -0.39 is 0 Å². The number of nitrogens with two attached hydrogens (primary N) is 1. The van der Waals surface area contributed by atoms with E-state index >= 15 is 0 Å². The molecular formula is C12H14ClN2O-. The van der Waals surface area contributed by atoms with Crippen LogP contribution in [0.3, 0.4) is 0 Å². The molecule has 2 unspecified atom stereocenters. The Morgan fingerprint density at radius 3 is 2.06 bits per heavy atom. The Morgan fingerprint density at radius 1 is 1.31 bits per heavy atom. The van der Waals surface area contributed by atoms with Crippen LogP contribution < -0.4 is 18.1 Å². The molecule has 0 spiro atoms. The molecule has 0 aromatic heterocycles. The summed E-state index contributed by atoms with van der Waals surface area (Å²) in [5.41, 5.74) is 6.62. The number of carbonyl (C=O) groups is 1. The first-order chi connectivity index (χ1) is 7.06. The Morgan fingerprint density at radius 2 is 1.81 bits per heavy atom. The van der Waals surface area contributed by atoms with Crippen LogP contribution in [-0.4, -0.2) is 5.78 Å². The third-order valence-electron chi connectivity index (χ3n) is 2.55. The molecule has 1 aromatic rings. The number of nitrogen functional groups attached to an aromatic ring is 1. The molecule has 1 aromatic carbocycles. The summed E-state index contributed by atoms with van der Waals surface area (Å²) >= 11 is 0. The van der Waals surface area contributed by atoms with Crippen molar-refractivity contribution < 1.29 is 17.2 Å².